The van der Waals surface area contributed by atoms with Crippen molar-refractivity contribution < 1.29 is 13.9 Å². The molecule has 132 valence electrons. The number of halogens is 1. The van der Waals surface area contributed by atoms with Crippen LogP contribution in [0.5, 0.6) is 0 Å². The zero-order valence-electron chi connectivity index (χ0n) is 14.2. The van der Waals surface area contributed by atoms with E-state index in [-0.39, 0.29) is 24.2 Å². The van der Waals surface area contributed by atoms with E-state index in [1.54, 1.807) is 12.1 Å². The van der Waals surface area contributed by atoms with Gasteiger partial charge in [-0.1, -0.05) is 42.5 Å². The van der Waals surface area contributed by atoms with Crippen molar-refractivity contribution in [2.45, 2.75) is 19.1 Å². The maximum Gasteiger partial charge on any atom is 0.224 e. The standard InChI is InChI=1S/C20H23FN2O2/c21-18-8-4-7-17(11-18)12-20(24)22-13-19-15-23(9-10-25-19)14-16-5-2-1-3-6-16/h1-8,11,19H,9-10,12-15H2,(H,22,24). The van der Waals surface area contributed by atoms with Crippen molar-refractivity contribution in [1.29, 1.82) is 0 Å². The lowest BCUT2D eigenvalue weighted by Crippen LogP contribution is -2.47. The molecule has 0 spiro atoms. The average Bonchev–Trinajstić information content (AvgIpc) is 2.61. The van der Waals surface area contributed by atoms with E-state index in [0.29, 0.717) is 18.7 Å². The Hall–Kier alpha value is -2.24. The Morgan fingerprint density at radius 2 is 1.96 bits per heavy atom. The molecule has 1 heterocycles. The summed E-state index contributed by atoms with van der Waals surface area (Å²) >= 11 is 0. The molecule has 4 nitrogen and oxygen atoms in total. The van der Waals surface area contributed by atoms with Crippen LogP contribution in [0.3, 0.4) is 0 Å². The van der Waals surface area contributed by atoms with E-state index in [1.807, 2.05) is 18.2 Å². The van der Waals surface area contributed by atoms with Crippen LogP contribution in [-0.2, 0) is 22.5 Å². The van der Waals surface area contributed by atoms with Crippen LogP contribution in [0.25, 0.3) is 0 Å². The summed E-state index contributed by atoms with van der Waals surface area (Å²) in [5, 5.41) is 2.89. The lowest BCUT2D eigenvalue weighted by Gasteiger charge is -2.33. The Bertz CT molecular complexity index is 693. The second-order valence-electron chi connectivity index (χ2n) is 6.32. The third kappa shape index (κ3) is 5.66. The van der Waals surface area contributed by atoms with E-state index in [9.17, 15) is 9.18 Å². The number of ether oxygens (including phenoxy) is 1. The zero-order chi connectivity index (χ0) is 17.5. The van der Waals surface area contributed by atoms with Crippen molar-refractivity contribution in [3.63, 3.8) is 0 Å². The number of rotatable bonds is 6. The Kier molecular flexibility index (Phi) is 6.14. The first-order valence-corrected chi connectivity index (χ1v) is 8.58. The zero-order valence-corrected chi connectivity index (χ0v) is 14.2. The fourth-order valence-corrected chi connectivity index (χ4v) is 3.01. The predicted molar refractivity (Wildman–Crippen MR) is 94.6 cm³/mol. The molecule has 2 aromatic carbocycles. The first-order valence-electron chi connectivity index (χ1n) is 8.58. The van der Waals surface area contributed by atoms with Gasteiger partial charge in [0, 0.05) is 26.2 Å². The Morgan fingerprint density at radius 1 is 1.16 bits per heavy atom. The molecule has 0 aliphatic carbocycles. The van der Waals surface area contributed by atoms with Crippen molar-refractivity contribution in [3.05, 3.63) is 71.5 Å². The molecule has 1 amide bonds. The summed E-state index contributed by atoms with van der Waals surface area (Å²) < 4.78 is 18.9. The molecule has 0 bridgehead atoms. The first-order chi connectivity index (χ1) is 12.2. The Labute approximate surface area is 147 Å². The average molecular weight is 342 g/mol. The van der Waals surface area contributed by atoms with E-state index >= 15 is 0 Å². The van der Waals surface area contributed by atoms with E-state index in [2.05, 4.69) is 22.3 Å². The van der Waals surface area contributed by atoms with Gasteiger partial charge < -0.3 is 10.1 Å². The third-order valence-electron chi connectivity index (χ3n) is 4.25. The number of benzene rings is 2. The lowest BCUT2D eigenvalue weighted by molar-refractivity contribution is -0.121. The van der Waals surface area contributed by atoms with Gasteiger partial charge in [-0.3, -0.25) is 9.69 Å². The quantitative estimate of drug-likeness (QED) is 0.876. The lowest BCUT2D eigenvalue weighted by atomic mass is 10.1. The van der Waals surface area contributed by atoms with Crippen LogP contribution in [0, 0.1) is 5.82 Å². The number of hydrogen-bond acceptors (Lipinski definition) is 3. The molecule has 1 saturated heterocycles. The van der Waals surface area contributed by atoms with Gasteiger partial charge in [0.05, 0.1) is 19.1 Å². The summed E-state index contributed by atoms with van der Waals surface area (Å²) in [6.45, 7) is 3.70. The number of morpholine rings is 1. The molecular formula is C20H23FN2O2. The van der Waals surface area contributed by atoms with E-state index < -0.39 is 0 Å². The maximum absolute atomic E-state index is 13.2. The van der Waals surface area contributed by atoms with Gasteiger partial charge in [0.2, 0.25) is 5.91 Å². The minimum Gasteiger partial charge on any atom is -0.374 e. The summed E-state index contributed by atoms with van der Waals surface area (Å²) in [5.41, 5.74) is 1.95. The van der Waals surface area contributed by atoms with Crippen molar-refractivity contribution in [2.75, 3.05) is 26.2 Å². The smallest absolute Gasteiger partial charge is 0.224 e. The topological polar surface area (TPSA) is 41.6 Å². The summed E-state index contributed by atoms with van der Waals surface area (Å²) in [7, 11) is 0. The fourth-order valence-electron chi connectivity index (χ4n) is 3.01. The number of nitrogens with zero attached hydrogens (tertiary/aromatic N) is 1. The number of carbonyl (C=O) groups excluding carboxylic acids is 1. The summed E-state index contributed by atoms with van der Waals surface area (Å²) in [4.78, 5) is 14.4. The fraction of sp³-hybridized carbons (Fsp3) is 0.350. The highest BCUT2D eigenvalue weighted by Crippen LogP contribution is 2.10. The van der Waals surface area contributed by atoms with Gasteiger partial charge in [0.25, 0.3) is 0 Å². The van der Waals surface area contributed by atoms with Crippen LogP contribution in [0.1, 0.15) is 11.1 Å². The molecule has 5 heteroatoms. The highest BCUT2D eigenvalue weighted by molar-refractivity contribution is 5.78. The van der Waals surface area contributed by atoms with Crippen LogP contribution in [0.15, 0.2) is 54.6 Å². The molecule has 1 atom stereocenters. The van der Waals surface area contributed by atoms with Gasteiger partial charge >= 0.3 is 0 Å². The molecule has 2 aromatic rings. The molecular weight excluding hydrogens is 319 g/mol. The predicted octanol–water partition coefficient (Wildman–Crippen LogP) is 2.39. The van der Waals surface area contributed by atoms with Crippen molar-refractivity contribution in [2.24, 2.45) is 0 Å². The highest BCUT2D eigenvalue weighted by Gasteiger charge is 2.21. The van der Waals surface area contributed by atoms with Crippen LogP contribution in [-0.4, -0.2) is 43.2 Å². The molecule has 0 aromatic heterocycles. The largest absolute Gasteiger partial charge is 0.374 e. The molecule has 1 aliphatic rings. The second-order valence-corrected chi connectivity index (χ2v) is 6.32. The Morgan fingerprint density at radius 3 is 2.76 bits per heavy atom. The minimum absolute atomic E-state index is 0.0195. The SMILES string of the molecule is O=C(Cc1cccc(F)c1)NCC1CN(Cc2ccccc2)CCO1. The molecule has 1 N–H and O–H groups in total. The van der Waals surface area contributed by atoms with E-state index in [4.69, 9.17) is 4.74 Å². The van der Waals surface area contributed by atoms with Gasteiger partial charge in [-0.15, -0.1) is 0 Å². The number of nitrogens with one attached hydrogen (secondary N) is 1. The highest BCUT2D eigenvalue weighted by atomic mass is 19.1. The van der Waals surface area contributed by atoms with Crippen molar-refractivity contribution >= 4 is 5.91 Å². The number of amides is 1. The molecule has 1 unspecified atom stereocenters. The number of carbonyl (C=O) groups is 1. The molecule has 1 fully saturated rings. The van der Waals surface area contributed by atoms with E-state index in [1.165, 1.54) is 17.7 Å². The Balaban J connectivity index is 1.44. The molecule has 3 rings (SSSR count). The summed E-state index contributed by atoms with van der Waals surface area (Å²) in [5.74, 6) is -0.438. The van der Waals surface area contributed by atoms with Gasteiger partial charge in [-0.2, -0.15) is 0 Å². The van der Waals surface area contributed by atoms with E-state index in [0.717, 1.165) is 19.6 Å². The summed E-state index contributed by atoms with van der Waals surface area (Å²) in [6, 6.07) is 16.5. The second kappa shape index (κ2) is 8.74. The number of hydrogen-bond donors (Lipinski definition) is 1. The first kappa shape index (κ1) is 17.6. The van der Waals surface area contributed by atoms with Gasteiger partial charge in [-0.25, -0.2) is 4.39 Å². The van der Waals surface area contributed by atoms with Crippen molar-refractivity contribution in [1.82, 2.24) is 10.2 Å². The van der Waals surface area contributed by atoms with Crippen molar-refractivity contribution in [3.8, 4) is 0 Å². The molecule has 1 aliphatic heterocycles. The summed E-state index contributed by atoms with van der Waals surface area (Å²) in [6.07, 6.45) is 0.159. The monoisotopic (exact) mass is 342 g/mol. The molecule has 0 saturated carbocycles. The van der Waals surface area contributed by atoms with Crippen LogP contribution in [0.4, 0.5) is 4.39 Å². The van der Waals surface area contributed by atoms with Gasteiger partial charge in [0.1, 0.15) is 5.82 Å². The molecule has 25 heavy (non-hydrogen) atoms. The third-order valence-corrected chi connectivity index (χ3v) is 4.25. The van der Waals surface area contributed by atoms with Gasteiger partial charge in [-0.05, 0) is 23.3 Å². The van der Waals surface area contributed by atoms with Crippen LogP contribution in [0.2, 0.25) is 0 Å². The van der Waals surface area contributed by atoms with Gasteiger partial charge in [0.15, 0.2) is 0 Å². The minimum atomic E-state index is -0.322. The van der Waals surface area contributed by atoms with Crippen LogP contribution >= 0.6 is 0 Å². The molecule has 0 radical (unpaired) electrons. The van der Waals surface area contributed by atoms with Crippen LogP contribution < -0.4 is 5.32 Å². The normalized spacial score (nSPS) is 18.0. The maximum atomic E-state index is 13.2.